The Morgan fingerprint density at radius 1 is 1.30 bits per heavy atom. The molecule has 4 nitrogen and oxygen atoms in total. The van der Waals surface area contributed by atoms with Crippen molar-refractivity contribution in [2.24, 2.45) is 4.99 Å². The quantitative estimate of drug-likeness (QED) is 0.805. The summed E-state index contributed by atoms with van der Waals surface area (Å²) in [7, 11) is 1.65. The summed E-state index contributed by atoms with van der Waals surface area (Å²) >= 11 is 0. The Bertz CT molecular complexity index is 719. The van der Waals surface area contributed by atoms with Gasteiger partial charge in [-0.15, -0.1) is 0 Å². The minimum Gasteiger partial charge on any atom is -0.496 e. The van der Waals surface area contributed by atoms with Gasteiger partial charge in [-0.3, -0.25) is 0 Å². The molecule has 2 aromatic rings. The van der Waals surface area contributed by atoms with Crippen molar-refractivity contribution < 1.29 is 14.3 Å². The summed E-state index contributed by atoms with van der Waals surface area (Å²) in [5.41, 5.74) is 2.31. The van der Waals surface area contributed by atoms with Gasteiger partial charge in [0.25, 0.3) is 0 Å². The summed E-state index contributed by atoms with van der Waals surface area (Å²) in [5, 5.41) is 2.00. The molecule has 0 atom stereocenters. The summed E-state index contributed by atoms with van der Waals surface area (Å²) in [6.45, 7) is 2.15. The first-order valence-corrected chi connectivity index (χ1v) is 6.58. The number of fused-ring (bicyclic) bond motifs is 3. The fourth-order valence-corrected chi connectivity index (χ4v) is 2.50. The third-order valence-corrected chi connectivity index (χ3v) is 3.39. The second-order valence-electron chi connectivity index (χ2n) is 4.59. The second-order valence-corrected chi connectivity index (χ2v) is 4.59. The zero-order valence-electron chi connectivity index (χ0n) is 11.5. The van der Waals surface area contributed by atoms with Crippen LogP contribution >= 0.6 is 0 Å². The van der Waals surface area contributed by atoms with E-state index in [1.54, 1.807) is 14.0 Å². The molecule has 0 spiro atoms. The molecule has 1 aliphatic heterocycles. The van der Waals surface area contributed by atoms with Crippen molar-refractivity contribution in [2.45, 2.75) is 13.3 Å². The maximum atomic E-state index is 11.8. The van der Waals surface area contributed by atoms with Crippen molar-refractivity contribution in [3.8, 4) is 5.75 Å². The van der Waals surface area contributed by atoms with Crippen LogP contribution in [0.15, 0.2) is 35.3 Å². The zero-order valence-corrected chi connectivity index (χ0v) is 11.5. The van der Waals surface area contributed by atoms with Crippen molar-refractivity contribution in [3.63, 3.8) is 0 Å². The molecule has 4 heteroatoms. The fraction of sp³-hybridized carbons (Fsp3) is 0.250. The molecule has 0 aromatic heterocycles. The molecule has 0 bridgehead atoms. The van der Waals surface area contributed by atoms with Crippen LogP contribution in [0.5, 0.6) is 5.75 Å². The van der Waals surface area contributed by atoms with Crippen LogP contribution in [0.4, 0.5) is 5.69 Å². The average molecular weight is 269 g/mol. The molecule has 0 amide bonds. The van der Waals surface area contributed by atoms with Gasteiger partial charge in [0.15, 0.2) is 0 Å². The van der Waals surface area contributed by atoms with Crippen LogP contribution in [0.2, 0.25) is 0 Å². The summed E-state index contributed by atoms with van der Waals surface area (Å²) in [6.07, 6.45) is 0.495. The Kier molecular flexibility index (Phi) is 3.14. The summed E-state index contributed by atoms with van der Waals surface area (Å²) < 4.78 is 10.5. The standard InChI is InChI=1S/C16H15NO3/c1-3-20-16(18)13-8-10-9-14(19-2)11-6-4-5-7-12(11)15(10)17-13/h4-7,9H,3,8H2,1-2H3. The first kappa shape index (κ1) is 12.7. The van der Waals surface area contributed by atoms with Gasteiger partial charge in [-0.05, 0) is 18.6 Å². The number of hydrogen-bond donors (Lipinski definition) is 0. The van der Waals surface area contributed by atoms with Crippen molar-refractivity contribution in [3.05, 3.63) is 35.9 Å². The van der Waals surface area contributed by atoms with Gasteiger partial charge in [0.2, 0.25) is 0 Å². The van der Waals surface area contributed by atoms with Crippen molar-refractivity contribution in [1.29, 1.82) is 0 Å². The highest BCUT2D eigenvalue weighted by Crippen LogP contribution is 2.40. The average Bonchev–Trinajstić information content (AvgIpc) is 2.91. The minimum absolute atomic E-state index is 0.341. The number of ether oxygens (including phenoxy) is 2. The molecular formula is C16H15NO3. The van der Waals surface area contributed by atoms with Gasteiger partial charge in [0.1, 0.15) is 11.5 Å². The van der Waals surface area contributed by atoms with Crippen LogP contribution in [0, 0.1) is 0 Å². The van der Waals surface area contributed by atoms with Gasteiger partial charge in [-0.25, -0.2) is 9.79 Å². The Hall–Kier alpha value is -2.36. The third-order valence-electron chi connectivity index (χ3n) is 3.39. The highest BCUT2D eigenvalue weighted by atomic mass is 16.5. The smallest absolute Gasteiger partial charge is 0.353 e. The predicted octanol–water partition coefficient (Wildman–Crippen LogP) is 3.04. The first-order chi connectivity index (χ1) is 9.74. The van der Waals surface area contributed by atoms with E-state index in [1.165, 1.54) is 0 Å². The molecule has 0 aliphatic carbocycles. The monoisotopic (exact) mass is 269 g/mol. The normalized spacial score (nSPS) is 13.0. The Labute approximate surface area is 117 Å². The lowest BCUT2D eigenvalue weighted by Gasteiger charge is -2.08. The van der Waals surface area contributed by atoms with Gasteiger partial charge in [-0.1, -0.05) is 24.3 Å². The van der Waals surface area contributed by atoms with E-state index < -0.39 is 0 Å². The Balaban J connectivity index is 2.14. The molecule has 2 aromatic carbocycles. The van der Waals surface area contributed by atoms with Gasteiger partial charge in [0.05, 0.1) is 19.4 Å². The van der Waals surface area contributed by atoms with Gasteiger partial charge in [0, 0.05) is 17.2 Å². The zero-order chi connectivity index (χ0) is 14.1. The van der Waals surface area contributed by atoms with E-state index in [-0.39, 0.29) is 5.97 Å². The molecule has 0 radical (unpaired) electrons. The summed E-state index contributed by atoms with van der Waals surface area (Å²) in [5.74, 6) is 0.464. The van der Waals surface area contributed by atoms with Crippen LogP contribution in [-0.2, 0) is 16.0 Å². The predicted molar refractivity (Wildman–Crippen MR) is 77.9 cm³/mol. The highest BCUT2D eigenvalue weighted by molar-refractivity contribution is 6.39. The van der Waals surface area contributed by atoms with Crippen LogP contribution in [0.1, 0.15) is 12.5 Å². The Morgan fingerprint density at radius 2 is 2.05 bits per heavy atom. The molecule has 1 aliphatic rings. The van der Waals surface area contributed by atoms with Crippen molar-refractivity contribution in [2.75, 3.05) is 13.7 Å². The molecule has 0 saturated carbocycles. The van der Waals surface area contributed by atoms with E-state index >= 15 is 0 Å². The van der Waals surface area contributed by atoms with E-state index in [9.17, 15) is 4.79 Å². The topological polar surface area (TPSA) is 47.9 Å². The molecule has 0 unspecified atom stereocenters. The van der Waals surface area contributed by atoms with Gasteiger partial charge < -0.3 is 9.47 Å². The number of benzene rings is 2. The Morgan fingerprint density at radius 3 is 2.75 bits per heavy atom. The molecule has 20 heavy (non-hydrogen) atoms. The molecular weight excluding hydrogens is 254 g/mol. The number of aliphatic imine (C=N–C) groups is 1. The van der Waals surface area contributed by atoms with Gasteiger partial charge >= 0.3 is 5.97 Å². The second kappa shape index (κ2) is 4.96. The van der Waals surface area contributed by atoms with Crippen LogP contribution in [-0.4, -0.2) is 25.4 Å². The molecule has 0 N–H and O–H groups in total. The SMILES string of the molecule is CCOC(=O)C1=Nc2c(cc(OC)c3ccccc23)C1. The molecule has 1 heterocycles. The molecule has 102 valence electrons. The largest absolute Gasteiger partial charge is 0.496 e. The first-order valence-electron chi connectivity index (χ1n) is 6.58. The maximum Gasteiger partial charge on any atom is 0.353 e. The maximum absolute atomic E-state index is 11.8. The van der Waals surface area contributed by atoms with E-state index in [0.717, 1.165) is 27.8 Å². The number of methoxy groups -OCH3 is 1. The molecule has 3 rings (SSSR count). The number of esters is 1. The number of carbonyl (C=O) groups is 1. The number of hydrogen-bond acceptors (Lipinski definition) is 4. The number of rotatable bonds is 3. The van der Waals surface area contributed by atoms with E-state index in [0.29, 0.717) is 18.7 Å². The van der Waals surface area contributed by atoms with E-state index in [4.69, 9.17) is 9.47 Å². The molecule has 0 fully saturated rings. The summed E-state index contributed by atoms with van der Waals surface area (Å²) in [6, 6.07) is 9.86. The summed E-state index contributed by atoms with van der Waals surface area (Å²) in [4.78, 5) is 16.3. The van der Waals surface area contributed by atoms with Gasteiger partial charge in [-0.2, -0.15) is 0 Å². The van der Waals surface area contributed by atoms with Crippen LogP contribution < -0.4 is 4.74 Å². The minimum atomic E-state index is -0.341. The van der Waals surface area contributed by atoms with Crippen LogP contribution in [0.25, 0.3) is 10.8 Å². The van der Waals surface area contributed by atoms with E-state index in [1.807, 2.05) is 30.3 Å². The molecule has 0 saturated heterocycles. The number of nitrogens with zero attached hydrogens (tertiary/aromatic N) is 1. The number of carbonyl (C=O) groups excluding carboxylic acids is 1. The highest BCUT2D eigenvalue weighted by Gasteiger charge is 2.24. The van der Waals surface area contributed by atoms with Crippen LogP contribution in [0.3, 0.4) is 0 Å². The van der Waals surface area contributed by atoms with Crippen molar-refractivity contribution >= 4 is 28.1 Å². The fourth-order valence-electron chi connectivity index (χ4n) is 2.50. The third kappa shape index (κ3) is 1.93. The lowest BCUT2D eigenvalue weighted by Crippen LogP contribution is -2.17. The van der Waals surface area contributed by atoms with E-state index in [2.05, 4.69) is 4.99 Å². The lowest BCUT2D eigenvalue weighted by molar-refractivity contribution is -0.135. The lowest BCUT2D eigenvalue weighted by atomic mass is 10.0. The van der Waals surface area contributed by atoms with Crippen molar-refractivity contribution in [1.82, 2.24) is 0 Å².